The standard InChI is InChI=1S/C17H16F4N2O2.C2H6/c1-16(24,8-22)13-6-11-12(17(19,20)21)7-25-15(11)14(23-13)9-2-4-10(18)5-3-9;1-2/h2-6,12,24H,7-8,22H2,1H3;1-2H3/t12?,16-;/m0./s1. The number of hydrogen-bond acceptors (Lipinski definition) is 4. The van der Waals surface area contributed by atoms with Crippen LogP contribution in [0.1, 0.15) is 37.9 Å². The highest BCUT2D eigenvalue weighted by Gasteiger charge is 2.47. The van der Waals surface area contributed by atoms with Gasteiger partial charge in [-0.1, -0.05) is 13.8 Å². The summed E-state index contributed by atoms with van der Waals surface area (Å²) in [5.41, 5.74) is 4.32. The van der Waals surface area contributed by atoms with Gasteiger partial charge in [-0.3, -0.25) is 0 Å². The first-order chi connectivity index (χ1) is 12.6. The minimum absolute atomic E-state index is 0.00725. The van der Waals surface area contributed by atoms with Crippen molar-refractivity contribution in [2.45, 2.75) is 38.5 Å². The van der Waals surface area contributed by atoms with Crippen LogP contribution < -0.4 is 10.5 Å². The van der Waals surface area contributed by atoms with Crippen molar-refractivity contribution in [2.24, 2.45) is 5.73 Å². The number of aromatic nitrogens is 1. The Bertz CT molecular complexity index is 790. The van der Waals surface area contributed by atoms with Gasteiger partial charge >= 0.3 is 6.18 Å². The summed E-state index contributed by atoms with van der Waals surface area (Å²) in [6.45, 7) is 4.58. The molecule has 1 aromatic carbocycles. The largest absolute Gasteiger partial charge is 0.490 e. The number of halogens is 4. The molecular formula is C19H22F4N2O2. The third-order valence-electron chi connectivity index (χ3n) is 4.23. The van der Waals surface area contributed by atoms with Crippen LogP contribution in [-0.4, -0.2) is 29.4 Å². The number of alkyl halides is 3. The number of nitrogens with two attached hydrogens (primary N) is 1. The van der Waals surface area contributed by atoms with Crippen molar-refractivity contribution in [1.82, 2.24) is 4.98 Å². The fourth-order valence-corrected chi connectivity index (χ4v) is 2.67. The van der Waals surface area contributed by atoms with Crippen LogP contribution in [0.25, 0.3) is 11.3 Å². The van der Waals surface area contributed by atoms with E-state index in [-0.39, 0.29) is 29.2 Å². The van der Waals surface area contributed by atoms with Crippen LogP contribution in [0.3, 0.4) is 0 Å². The molecule has 1 unspecified atom stereocenters. The molecule has 0 radical (unpaired) electrons. The lowest BCUT2D eigenvalue weighted by Gasteiger charge is -2.23. The summed E-state index contributed by atoms with van der Waals surface area (Å²) in [5, 5.41) is 10.4. The molecule has 8 heteroatoms. The van der Waals surface area contributed by atoms with E-state index in [1.54, 1.807) is 0 Å². The van der Waals surface area contributed by atoms with E-state index < -0.39 is 30.1 Å². The van der Waals surface area contributed by atoms with Crippen molar-refractivity contribution in [3.63, 3.8) is 0 Å². The maximum Gasteiger partial charge on any atom is 0.399 e. The summed E-state index contributed by atoms with van der Waals surface area (Å²) in [6, 6.07) is 6.31. The van der Waals surface area contributed by atoms with Crippen molar-refractivity contribution in [2.75, 3.05) is 13.2 Å². The third-order valence-corrected chi connectivity index (χ3v) is 4.23. The van der Waals surface area contributed by atoms with Crippen LogP contribution in [0.5, 0.6) is 5.75 Å². The molecule has 27 heavy (non-hydrogen) atoms. The van der Waals surface area contributed by atoms with Gasteiger partial charge < -0.3 is 15.6 Å². The van der Waals surface area contributed by atoms with Crippen LogP contribution in [0.4, 0.5) is 17.6 Å². The topological polar surface area (TPSA) is 68.4 Å². The average molecular weight is 386 g/mol. The third kappa shape index (κ3) is 4.22. The van der Waals surface area contributed by atoms with Crippen molar-refractivity contribution >= 4 is 0 Å². The van der Waals surface area contributed by atoms with E-state index >= 15 is 0 Å². The predicted molar refractivity (Wildman–Crippen MR) is 93.9 cm³/mol. The zero-order chi connectivity index (χ0) is 20.4. The number of fused-ring (bicyclic) bond motifs is 1. The minimum atomic E-state index is -4.50. The van der Waals surface area contributed by atoms with Gasteiger partial charge in [-0.05, 0) is 37.3 Å². The van der Waals surface area contributed by atoms with Crippen molar-refractivity contribution in [1.29, 1.82) is 0 Å². The normalized spacial score (nSPS) is 18.0. The lowest BCUT2D eigenvalue weighted by Crippen LogP contribution is -2.32. The van der Waals surface area contributed by atoms with E-state index in [0.717, 1.165) is 0 Å². The molecule has 0 saturated heterocycles. The highest BCUT2D eigenvalue weighted by molar-refractivity contribution is 5.70. The van der Waals surface area contributed by atoms with Crippen molar-refractivity contribution in [3.8, 4) is 17.0 Å². The van der Waals surface area contributed by atoms with Gasteiger partial charge in [0.25, 0.3) is 0 Å². The Labute approximate surface area is 155 Å². The van der Waals surface area contributed by atoms with E-state index in [9.17, 15) is 22.7 Å². The SMILES string of the molecule is CC.C[C@](O)(CN)c1cc2c(c(-c3ccc(F)cc3)n1)OCC2C(F)(F)F. The quantitative estimate of drug-likeness (QED) is 0.779. The molecule has 1 aliphatic heterocycles. The summed E-state index contributed by atoms with van der Waals surface area (Å²) in [6.07, 6.45) is -4.50. The summed E-state index contributed by atoms with van der Waals surface area (Å²) in [5.74, 6) is -2.32. The van der Waals surface area contributed by atoms with Gasteiger partial charge in [0.15, 0.2) is 0 Å². The summed E-state index contributed by atoms with van der Waals surface area (Å²) >= 11 is 0. The maximum absolute atomic E-state index is 13.3. The molecule has 0 fully saturated rings. The van der Waals surface area contributed by atoms with E-state index in [0.29, 0.717) is 5.56 Å². The van der Waals surface area contributed by atoms with Crippen molar-refractivity contribution < 1.29 is 27.4 Å². The number of hydrogen-bond donors (Lipinski definition) is 2. The van der Waals surface area contributed by atoms with E-state index in [1.807, 2.05) is 13.8 Å². The lowest BCUT2D eigenvalue weighted by atomic mass is 9.93. The average Bonchev–Trinajstić information content (AvgIpc) is 3.08. The zero-order valence-electron chi connectivity index (χ0n) is 15.3. The number of ether oxygens (including phenoxy) is 1. The number of aliphatic hydroxyl groups is 1. The van der Waals surface area contributed by atoms with Gasteiger partial charge in [0.2, 0.25) is 0 Å². The highest BCUT2D eigenvalue weighted by Crippen LogP contribution is 2.48. The summed E-state index contributed by atoms with van der Waals surface area (Å²) < 4.78 is 58.3. The number of nitrogens with zero attached hydrogens (tertiary/aromatic N) is 1. The number of pyridine rings is 1. The molecule has 0 spiro atoms. The maximum atomic E-state index is 13.3. The molecule has 2 aromatic rings. The molecule has 0 bridgehead atoms. The molecule has 0 saturated carbocycles. The number of rotatable bonds is 3. The molecule has 2 atom stereocenters. The van der Waals surface area contributed by atoms with Gasteiger partial charge in [0.05, 0.1) is 5.69 Å². The predicted octanol–water partition coefficient (Wildman–Crippen LogP) is 4.12. The second-order valence-electron chi connectivity index (χ2n) is 6.16. The Balaban J connectivity index is 0.00000126. The first-order valence-electron chi connectivity index (χ1n) is 8.57. The van der Waals surface area contributed by atoms with Gasteiger partial charge in [-0.15, -0.1) is 0 Å². The summed E-state index contributed by atoms with van der Waals surface area (Å²) in [7, 11) is 0. The van der Waals surface area contributed by atoms with Gasteiger partial charge in [-0.25, -0.2) is 9.37 Å². The van der Waals surface area contributed by atoms with Crippen molar-refractivity contribution in [3.05, 3.63) is 47.4 Å². The molecule has 0 amide bonds. The van der Waals surface area contributed by atoms with Crippen LogP contribution in [0.2, 0.25) is 0 Å². The molecule has 4 nitrogen and oxygen atoms in total. The second kappa shape index (κ2) is 7.82. The first kappa shape index (κ1) is 21.1. The van der Waals surface area contributed by atoms with Gasteiger partial charge in [-0.2, -0.15) is 13.2 Å². The minimum Gasteiger partial charge on any atom is -0.490 e. The molecule has 3 rings (SSSR count). The number of benzene rings is 1. The van der Waals surface area contributed by atoms with Crippen LogP contribution in [0, 0.1) is 5.82 Å². The van der Waals surface area contributed by atoms with E-state index in [2.05, 4.69) is 4.98 Å². The van der Waals surface area contributed by atoms with E-state index in [4.69, 9.17) is 10.5 Å². The molecule has 148 valence electrons. The Hall–Kier alpha value is -2.19. The highest BCUT2D eigenvalue weighted by atomic mass is 19.4. The lowest BCUT2D eigenvalue weighted by molar-refractivity contribution is -0.151. The van der Waals surface area contributed by atoms with Crippen LogP contribution in [-0.2, 0) is 5.60 Å². The summed E-state index contributed by atoms with van der Waals surface area (Å²) in [4.78, 5) is 4.26. The van der Waals surface area contributed by atoms with Gasteiger partial charge in [0.1, 0.15) is 35.4 Å². The fourth-order valence-electron chi connectivity index (χ4n) is 2.67. The molecule has 0 aliphatic carbocycles. The molecule has 2 heterocycles. The Morgan fingerprint density at radius 1 is 1.22 bits per heavy atom. The van der Waals surface area contributed by atoms with E-state index in [1.165, 1.54) is 37.3 Å². The molecule has 3 N–H and O–H groups in total. The molecule has 1 aliphatic rings. The molecular weight excluding hydrogens is 364 g/mol. The Kier molecular flexibility index (Phi) is 6.11. The van der Waals surface area contributed by atoms with Gasteiger partial charge in [0, 0.05) is 17.7 Å². The zero-order valence-corrected chi connectivity index (χ0v) is 15.3. The Morgan fingerprint density at radius 2 is 1.81 bits per heavy atom. The van der Waals surface area contributed by atoms with Crippen LogP contribution >= 0.6 is 0 Å². The monoisotopic (exact) mass is 386 g/mol. The van der Waals surface area contributed by atoms with Crippen LogP contribution in [0.15, 0.2) is 30.3 Å². The fraction of sp³-hybridized carbons (Fsp3) is 0.421. The second-order valence-corrected chi connectivity index (χ2v) is 6.16. The first-order valence-corrected chi connectivity index (χ1v) is 8.57. The molecule has 1 aromatic heterocycles. The Morgan fingerprint density at radius 3 is 2.33 bits per heavy atom. The smallest absolute Gasteiger partial charge is 0.399 e.